The third-order valence-electron chi connectivity index (χ3n) is 4.90. The molecule has 0 bridgehead atoms. The average Bonchev–Trinajstić information content (AvgIpc) is 2.57. The molecule has 2 aromatic carbocycles. The first-order valence-corrected chi connectivity index (χ1v) is 8.19. The van der Waals surface area contributed by atoms with Crippen molar-refractivity contribution in [3.05, 3.63) is 52.1 Å². The summed E-state index contributed by atoms with van der Waals surface area (Å²) in [5.74, 6) is 0. The Morgan fingerprint density at radius 2 is 1.96 bits per heavy atom. The van der Waals surface area contributed by atoms with Crippen molar-refractivity contribution < 1.29 is 0 Å². The maximum atomic E-state index is 9.49. The quantitative estimate of drug-likeness (QED) is 0.859. The Morgan fingerprint density at radius 1 is 1.17 bits per heavy atom. The van der Waals surface area contributed by atoms with E-state index in [4.69, 9.17) is 5.73 Å². The number of nitrogens with zero attached hydrogens (tertiary/aromatic N) is 2. The number of fused-ring (bicyclic) bond motifs is 1. The zero-order chi connectivity index (χ0) is 16.6. The molecule has 1 aliphatic rings. The Hall–Kier alpha value is -2.31. The predicted molar refractivity (Wildman–Crippen MR) is 95.1 cm³/mol. The lowest BCUT2D eigenvalue weighted by Crippen LogP contribution is -2.31. The molecule has 1 heterocycles. The number of likely N-dealkylation sites (N-methyl/N-ethyl adjacent to an activating group) is 1. The highest BCUT2D eigenvalue weighted by atomic mass is 15.1. The standard InChI is InChI=1S/C20H23N3/c1-4-23-8-7-16-18(17-9-13(2)5-6-14(17)3)10-15(11-21)20(22)19(16)12-23/h5-6,9-10H,4,7-8,12,22H2,1-3H3. The fourth-order valence-corrected chi connectivity index (χ4v) is 3.46. The molecule has 1 aliphatic heterocycles. The Kier molecular flexibility index (Phi) is 4.11. The van der Waals surface area contributed by atoms with Gasteiger partial charge < -0.3 is 5.73 Å². The molecule has 3 rings (SSSR count). The summed E-state index contributed by atoms with van der Waals surface area (Å²) in [5, 5.41) is 9.49. The Balaban J connectivity index is 2.26. The third-order valence-corrected chi connectivity index (χ3v) is 4.90. The summed E-state index contributed by atoms with van der Waals surface area (Å²) in [4.78, 5) is 2.38. The van der Waals surface area contributed by atoms with Crippen LogP contribution in [-0.4, -0.2) is 18.0 Å². The van der Waals surface area contributed by atoms with Gasteiger partial charge in [0.25, 0.3) is 0 Å². The second kappa shape index (κ2) is 6.06. The first-order chi connectivity index (χ1) is 11.0. The van der Waals surface area contributed by atoms with Gasteiger partial charge in [0.15, 0.2) is 0 Å². The largest absolute Gasteiger partial charge is 0.397 e. The van der Waals surface area contributed by atoms with Crippen LogP contribution in [0, 0.1) is 25.2 Å². The van der Waals surface area contributed by atoms with Gasteiger partial charge in [-0.05, 0) is 60.7 Å². The van der Waals surface area contributed by atoms with Crippen LogP contribution in [0.15, 0.2) is 24.3 Å². The molecule has 3 heteroatoms. The molecule has 2 aromatic rings. The Labute approximate surface area is 138 Å². The van der Waals surface area contributed by atoms with Crippen LogP contribution in [-0.2, 0) is 13.0 Å². The van der Waals surface area contributed by atoms with E-state index in [1.54, 1.807) is 0 Å². The van der Waals surface area contributed by atoms with Crippen molar-refractivity contribution >= 4 is 5.69 Å². The molecular weight excluding hydrogens is 282 g/mol. The molecule has 118 valence electrons. The lowest BCUT2D eigenvalue weighted by Gasteiger charge is -2.31. The maximum absolute atomic E-state index is 9.49. The SMILES string of the molecule is CCN1CCc2c(-c3cc(C)ccc3C)cc(C#N)c(N)c2C1. The molecule has 0 spiro atoms. The van der Waals surface area contributed by atoms with E-state index in [2.05, 4.69) is 49.9 Å². The van der Waals surface area contributed by atoms with Gasteiger partial charge in [0.1, 0.15) is 6.07 Å². The number of rotatable bonds is 2. The average molecular weight is 305 g/mol. The molecule has 2 N–H and O–H groups in total. The summed E-state index contributed by atoms with van der Waals surface area (Å²) < 4.78 is 0. The number of hydrogen-bond acceptors (Lipinski definition) is 3. The molecule has 0 amide bonds. The van der Waals surface area contributed by atoms with E-state index in [-0.39, 0.29) is 0 Å². The minimum absolute atomic E-state index is 0.595. The molecule has 0 radical (unpaired) electrons. The lowest BCUT2D eigenvalue weighted by atomic mass is 9.85. The van der Waals surface area contributed by atoms with Gasteiger partial charge in [-0.15, -0.1) is 0 Å². The highest BCUT2D eigenvalue weighted by molar-refractivity contribution is 5.79. The predicted octanol–water partition coefficient (Wildman–Crippen LogP) is 3.80. The highest BCUT2D eigenvalue weighted by Gasteiger charge is 2.23. The van der Waals surface area contributed by atoms with Crippen molar-refractivity contribution in [2.24, 2.45) is 0 Å². The minimum Gasteiger partial charge on any atom is -0.397 e. The second-order valence-corrected chi connectivity index (χ2v) is 6.39. The van der Waals surface area contributed by atoms with E-state index in [9.17, 15) is 5.26 Å². The first-order valence-electron chi connectivity index (χ1n) is 8.19. The van der Waals surface area contributed by atoms with Crippen molar-refractivity contribution in [3.63, 3.8) is 0 Å². The van der Waals surface area contributed by atoms with Crippen LogP contribution in [0.3, 0.4) is 0 Å². The van der Waals surface area contributed by atoms with Crippen molar-refractivity contribution in [2.45, 2.75) is 33.7 Å². The van der Waals surface area contributed by atoms with Gasteiger partial charge in [-0.25, -0.2) is 0 Å². The van der Waals surface area contributed by atoms with Gasteiger partial charge in [-0.1, -0.05) is 30.7 Å². The van der Waals surface area contributed by atoms with E-state index < -0.39 is 0 Å². The summed E-state index contributed by atoms with van der Waals surface area (Å²) >= 11 is 0. The van der Waals surface area contributed by atoms with Crippen LogP contribution < -0.4 is 5.73 Å². The molecule has 0 aliphatic carbocycles. The molecule has 0 saturated carbocycles. The zero-order valence-electron chi connectivity index (χ0n) is 14.1. The molecule has 3 nitrogen and oxygen atoms in total. The van der Waals surface area contributed by atoms with E-state index in [0.717, 1.165) is 31.6 Å². The summed E-state index contributed by atoms with van der Waals surface area (Å²) in [6.45, 7) is 9.30. The first kappa shape index (κ1) is 15.6. The molecule has 23 heavy (non-hydrogen) atoms. The molecule has 0 saturated heterocycles. The summed E-state index contributed by atoms with van der Waals surface area (Å²) in [7, 11) is 0. The van der Waals surface area contributed by atoms with Crippen molar-refractivity contribution in [1.29, 1.82) is 5.26 Å². The number of benzene rings is 2. The topological polar surface area (TPSA) is 53.0 Å². The molecule has 0 aromatic heterocycles. The Morgan fingerprint density at radius 3 is 2.65 bits per heavy atom. The monoisotopic (exact) mass is 305 g/mol. The van der Waals surface area contributed by atoms with Crippen molar-refractivity contribution in [1.82, 2.24) is 4.90 Å². The van der Waals surface area contributed by atoms with Gasteiger partial charge in [-0.2, -0.15) is 5.26 Å². The van der Waals surface area contributed by atoms with Gasteiger partial charge >= 0.3 is 0 Å². The van der Waals surface area contributed by atoms with E-state index >= 15 is 0 Å². The number of nitriles is 1. The lowest BCUT2D eigenvalue weighted by molar-refractivity contribution is 0.269. The van der Waals surface area contributed by atoms with Crippen LogP contribution in [0.1, 0.15) is 34.7 Å². The smallest absolute Gasteiger partial charge is 0.101 e. The number of nitrogen functional groups attached to an aromatic ring is 1. The molecule has 0 fully saturated rings. The van der Waals surface area contributed by atoms with Gasteiger partial charge in [-0.3, -0.25) is 4.90 Å². The fraction of sp³-hybridized carbons (Fsp3) is 0.350. The van der Waals surface area contributed by atoms with E-state index in [1.807, 2.05) is 6.07 Å². The summed E-state index contributed by atoms with van der Waals surface area (Å²) in [6, 6.07) is 10.8. The second-order valence-electron chi connectivity index (χ2n) is 6.39. The van der Waals surface area contributed by atoms with Crippen LogP contribution in [0.5, 0.6) is 0 Å². The maximum Gasteiger partial charge on any atom is 0.101 e. The van der Waals surface area contributed by atoms with Crippen molar-refractivity contribution in [3.8, 4) is 17.2 Å². The van der Waals surface area contributed by atoms with Gasteiger partial charge in [0.2, 0.25) is 0 Å². The number of hydrogen-bond donors (Lipinski definition) is 1. The van der Waals surface area contributed by atoms with E-state index in [1.165, 1.54) is 27.8 Å². The van der Waals surface area contributed by atoms with Crippen LogP contribution in [0.4, 0.5) is 5.69 Å². The zero-order valence-corrected chi connectivity index (χ0v) is 14.1. The summed E-state index contributed by atoms with van der Waals surface area (Å²) in [5.41, 5.74) is 14.9. The molecule has 0 atom stereocenters. The third kappa shape index (κ3) is 2.71. The van der Waals surface area contributed by atoms with Crippen LogP contribution in [0.2, 0.25) is 0 Å². The van der Waals surface area contributed by atoms with E-state index in [0.29, 0.717) is 11.3 Å². The summed E-state index contributed by atoms with van der Waals surface area (Å²) in [6.07, 6.45) is 0.988. The fourth-order valence-electron chi connectivity index (χ4n) is 3.46. The number of nitrogens with two attached hydrogens (primary N) is 1. The highest BCUT2D eigenvalue weighted by Crippen LogP contribution is 2.37. The normalized spacial score (nSPS) is 14.3. The van der Waals surface area contributed by atoms with Gasteiger partial charge in [0.05, 0.1) is 11.3 Å². The van der Waals surface area contributed by atoms with Crippen LogP contribution >= 0.6 is 0 Å². The molecule has 0 unspecified atom stereocenters. The van der Waals surface area contributed by atoms with Gasteiger partial charge in [0, 0.05) is 13.1 Å². The minimum atomic E-state index is 0.595. The van der Waals surface area contributed by atoms with Crippen LogP contribution in [0.25, 0.3) is 11.1 Å². The Bertz CT molecular complexity index is 800. The van der Waals surface area contributed by atoms with Crippen molar-refractivity contribution in [2.75, 3.05) is 18.8 Å². The number of aryl methyl sites for hydroxylation is 2. The molecular formula is C20H23N3. The number of anilines is 1.